The van der Waals surface area contributed by atoms with Gasteiger partial charge in [-0.25, -0.2) is 4.98 Å². The maximum atomic E-state index is 12.9. The first kappa shape index (κ1) is 20.0. The van der Waals surface area contributed by atoms with Gasteiger partial charge in [0.25, 0.3) is 5.91 Å². The lowest BCUT2D eigenvalue weighted by Crippen LogP contribution is -2.30. The van der Waals surface area contributed by atoms with E-state index in [1.165, 1.54) is 18.7 Å². The van der Waals surface area contributed by atoms with Crippen LogP contribution in [0.4, 0.5) is 11.4 Å². The predicted molar refractivity (Wildman–Crippen MR) is 133 cm³/mol. The van der Waals surface area contributed by atoms with Crippen LogP contribution in [0.5, 0.6) is 0 Å². The van der Waals surface area contributed by atoms with E-state index in [2.05, 4.69) is 50.9 Å². The van der Waals surface area contributed by atoms with Gasteiger partial charge in [0.15, 0.2) is 0 Å². The Morgan fingerprint density at radius 1 is 0.909 bits per heavy atom. The van der Waals surface area contributed by atoms with E-state index >= 15 is 0 Å². The van der Waals surface area contributed by atoms with Crippen molar-refractivity contribution in [3.8, 4) is 17.1 Å². The summed E-state index contributed by atoms with van der Waals surface area (Å²) in [5.41, 5.74) is 6.34. The van der Waals surface area contributed by atoms with E-state index < -0.39 is 0 Å². The van der Waals surface area contributed by atoms with Crippen molar-refractivity contribution in [3.05, 3.63) is 72.3 Å². The number of nitrogens with one attached hydrogen (secondary N) is 1. The fourth-order valence-electron chi connectivity index (χ4n) is 5.07. The summed E-state index contributed by atoms with van der Waals surface area (Å²) in [5, 5.41) is 3.06. The number of carbonyl (C=O) groups excluding carboxylic acids is 1. The van der Waals surface area contributed by atoms with Crippen LogP contribution in [0.25, 0.3) is 28.1 Å². The molecule has 0 bridgehead atoms. The van der Waals surface area contributed by atoms with Gasteiger partial charge in [-0.2, -0.15) is 0 Å². The molecule has 0 unspecified atom stereocenters. The van der Waals surface area contributed by atoms with E-state index in [0.717, 1.165) is 60.0 Å². The topological polar surface area (TPSA) is 53.4 Å². The molecule has 3 heterocycles. The number of fused-ring (bicyclic) bond motifs is 2. The van der Waals surface area contributed by atoms with Gasteiger partial charge < -0.3 is 15.1 Å². The summed E-state index contributed by atoms with van der Waals surface area (Å²) >= 11 is 0. The molecule has 0 saturated carbocycles. The fraction of sp³-hybridized carbons (Fsp3) is 0.259. The van der Waals surface area contributed by atoms with Gasteiger partial charge in [-0.15, -0.1) is 0 Å². The Morgan fingerprint density at radius 2 is 1.76 bits per heavy atom. The fourth-order valence-corrected chi connectivity index (χ4v) is 5.07. The van der Waals surface area contributed by atoms with Gasteiger partial charge in [-0.3, -0.25) is 9.36 Å². The van der Waals surface area contributed by atoms with Crippen LogP contribution in [-0.4, -0.2) is 53.1 Å². The molecule has 1 aromatic heterocycles. The summed E-state index contributed by atoms with van der Waals surface area (Å²) in [6, 6.07) is 22.4. The van der Waals surface area contributed by atoms with E-state index in [0.29, 0.717) is 5.56 Å². The number of benzene rings is 3. The van der Waals surface area contributed by atoms with Gasteiger partial charge in [0.05, 0.1) is 28.0 Å². The first-order valence-corrected chi connectivity index (χ1v) is 11.7. The van der Waals surface area contributed by atoms with Crippen molar-refractivity contribution in [1.29, 1.82) is 0 Å². The molecule has 3 aromatic carbocycles. The minimum absolute atomic E-state index is 0.101. The molecule has 2 aliphatic rings. The summed E-state index contributed by atoms with van der Waals surface area (Å²) < 4.78 is 2.12. The number of rotatable bonds is 3. The number of para-hydroxylation sites is 3. The Morgan fingerprint density at radius 3 is 2.61 bits per heavy atom. The zero-order valence-corrected chi connectivity index (χ0v) is 18.8. The number of likely N-dealkylation sites (N-methyl/N-ethyl adjacent to an activating group) is 1. The third kappa shape index (κ3) is 3.38. The third-order valence-corrected chi connectivity index (χ3v) is 6.84. The zero-order valence-electron chi connectivity index (χ0n) is 18.8. The Labute approximate surface area is 193 Å². The second-order valence-corrected chi connectivity index (χ2v) is 8.74. The maximum absolute atomic E-state index is 12.9. The summed E-state index contributed by atoms with van der Waals surface area (Å²) in [4.78, 5) is 22.9. The molecule has 6 rings (SSSR count). The highest BCUT2D eigenvalue weighted by molar-refractivity contribution is 6.14. The van der Waals surface area contributed by atoms with Gasteiger partial charge >= 0.3 is 0 Å². The largest absolute Gasteiger partial charge is 0.370 e. The van der Waals surface area contributed by atoms with E-state index in [-0.39, 0.29) is 5.91 Å². The minimum atomic E-state index is -0.101. The van der Waals surface area contributed by atoms with Crippen LogP contribution in [0.1, 0.15) is 23.7 Å². The second kappa shape index (κ2) is 8.05. The van der Waals surface area contributed by atoms with Crippen molar-refractivity contribution in [2.24, 2.45) is 0 Å². The van der Waals surface area contributed by atoms with Crippen molar-refractivity contribution in [3.63, 3.8) is 0 Å². The van der Waals surface area contributed by atoms with E-state index in [1.807, 2.05) is 42.5 Å². The molecular formula is C27H27N5O. The Bertz CT molecular complexity index is 1340. The summed E-state index contributed by atoms with van der Waals surface area (Å²) in [6.07, 6.45) is 1.19. The average Bonchev–Trinajstić information content (AvgIpc) is 2.99. The normalized spacial score (nSPS) is 16.3. The van der Waals surface area contributed by atoms with Crippen LogP contribution in [0.15, 0.2) is 66.7 Å². The highest BCUT2D eigenvalue weighted by Gasteiger charge is 2.25. The Kier molecular flexibility index (Phi) is 4.88. The lowest BCUT2D eigenvalue weighted by atomic mass is 10.1. The first-order valence-electron chi connectivity index (χ1n) is 11.7. The molecule has 33 heavy (non-hydrogen) atoms. The van der Waals surface area contributed by atoms with Gasteiger partial charge in [-0.1, -0.05) is 25.1 Å². The average molecular weight is 438 g/mol. The number of nitrogens with zero attached hydrogens (tertiary/aromatic N) is 4. The highest BCUT2D eigenvalue weighted by atomic mass is 16.1. The van der Waals surface area contributed by atoms with Gasteiger partial charge in [0.1, 0.15) is 5.82 Å². The molecule has 0 spiro atoms. The van der Waals surface area contributed by atoms with Crippen molar-refractivity contribution < 1.29 is 4.79 Å². The molecule has 0 radical (unpaired) electrons. The monoisotopic (exact) mass is 437 g/mol. The lowest BCUT2D eigenvalue weighted by molar-refractivity contribution is 0.102. The molecule has 1 saturated heterocycles. The minimum Gasteiger partial charge on any atom is -0.370 e. The second-order valence-electron chi connectivity index (χ2n) is 8.74. The number of hydrogen-bond acceptors (Lipinski definition) is 4. The van der Waals surface area contributed by atoms with Crippen molar-refractivity contribution >= 4 is 28.3 Å². The number of amides is 1. The summed E-state index contributed by atoms with van der Waals surface area (Å²) in [5.74, 6) is 0.747. The van der Waals surface area contributed by atoms with Crippen LogP contribution in [0.2, 0.25) is 0 Å². The van der Waals surface area contributed by atoms with Crippen LogP contribution in [0.3, 0.4) is 0 Å². The van der Waals surface area contributed by atoms with Gasteiger partial charge in [0, 0.05) is 30.9 Å². The maximum Gasteiger partial charge on any atom is 0.257 e. The SMILES string of the molecule is CCN1CCCN(c2ccc(-c3nc4cccc5c4n3-c3ccccc3NC5=O)cc2)CC1. The van der Waals surface area contributed by atoms with E-state index in [1.54, 1.807) is 0 Å². The van der Waals surface area contributed by atoms with Crippen molar-refractivity contribution in [2.45, 2.75) is 13.3 Å². The van der Waals surface area contributed by atoms with Crippen LogP contribution in [0, 0.1) is 0 Å². The number of anilines is 2. The van der Waals surface area contributed by atoms with Crippen LogP contribution in [-0.2, 0) is 0 Å². The molecule has 166 valence electrons. The predicted octanol–water partition coefficient (Wildman–Crippen LogP) is 4.79. The number of carbonyl (C=O) groups is 1. The summed E-state index contributed by atoms with van der Waals surface area (Å²) in [7, 11) is 0. The molecule has 6 heteroatoms. The van der Waals surface area contributed by atoms with Crippen molar-refractivity contribution in [1.82, 2.24) is 14.5 Å². The molecule has 1 fully saturated rings. The van der Waals surface area contributed by atoms with Gasteiger partial charge in [0.2, 0.25) is 0 Å². The molecule has 1 N–H and O–H groups in total. The first-order chi connectivity index (χ1) is 16.2. The molecule has 0 atom stereocenters. The third-order valence-electron chi connectivity index (χ3n) is 6.84. The van der Waals surface area contributed by atoms with Crippen molar-refractivity contribution in [2.75, 3.05) is 42.9 Å². The quantitative estimate of drug-likeness (QED) is 0.501. The number of imidazole rings is 1. The zero-order chi connectivity index (χ0) is 22.4. The number of hydrogen-bond donors (Lipinski definition) is 1. The summed E-state index contributed by atoms with van der Waals surface area (Å²) in [6.45, 7) is 7.76. The molecule has 0 aliphatic carbocycles. The van der Waals surface area contributed by atoms with E-state index in [9.17, 15) is 4.79 Å². The molecule has 4 aromatic rings. The standard InChI is InChI=1S/C27H27N5O/c1-2-30-15-6-16-31(18-17-30)20-13-11-19(12-14-20)26-28-23-9-5-7-21-25(23)32(26)24-10-4-3-8-22(24)29-27(21)33/h3-5,7-14H,2,6,15-18H2,1H3,(H,29,33). The highest BCUT2D eigenvalue weighted by Crippen LogP contribution is 2.36. The molecule has 1 amide bonds. The Hall–Kier alpha value is -3.64. The Balaban J connectivity index is 1.44. The smallest absolute Gasteiger partial charge is 0.257 e. The van der Waals surface area contributed by atoms with E-state index in [4.69, 9.17) is 4.98 Å². The molecule has 6 nitrogen and oxygen atoms in total. The molecule has 2 aliphatic heterocycles. The van der Waals surface area contributed by atoms with Crippen LogP contribution < -0.4 is 10.2 Å². The van der Waals surface area contributed by atoms with Gasteiger partial charge in [-0.05, 0) is 68.0 Å². The van der Waals surface area contributed by atoms with Crippen LogP contribution >= 0.6 is 0 Å². The number of aromatic nitrogens is 2. The lowest BCUT2D eigenvalue weighted by Gasteiger charge is -2.23. The molecular weight excluding hydrogens is 410 g/mol.